The van der Waals surface area contributed by atoms with Crippen LogP contribution in [0.25, 0.3) is 5.65 Å². The Morgan fingerprint density at radius 3 is 3.18 bits per heavy atom. The van der Waals surface area contributed by atoms with Crippen molar-refractivity contribution in [3.63, 3.8) is 0 Å². The molecule has 3 heterocycles. The lowest BCUT2D eigenvalue weighted by molar-refractivity contribution is 0.615. The van der Waals surface area contributed by atoms with Gasteiger partial charge in [0.2, 0.25) is 5.95 Å². The van der Waals surface area contributed by atoms with E-state index in [1.807, 2.05) is 0 Å². The molecule has 2 N–H and O–H groups in total. The lowest BCUT2D eigenvalue weighted by Crippen LogP contribution is -2.00. The molecular formula is C10H9FN6. The topological polar surface area (TPSA) is 70.9 Å². The number of nitrogens with zero attached hydrogens (tertiary/aromatic N) is 4. The van der Waals surface area contributed by atoms with Crippen LogP contribution in [0, 0.1) is 5.82 Å². The molecule has 17 heavy (non-hydrogen) atoms. The summed E-state index contributed by atoms with van der Waals surface area (Å²) in [7, 11) is 0. The number of halogens is 1. The molecule has 0 saturated carbocycles. The van der Waals surface area contributed by atoms with E-state index in [0.29, 0.717) is 18.1 Å². The first-order valence-electron chi connectivity index (χ1n) is 5.05. The molecule has 7 heteroatoms. The van der Waals surface area contributed by atoms with Gasteiger partial charge in [0, 0.05) is 18.3 Å². The molecule has 0 aromatic carbocycles. The number of hydrogen-bond donors (Lipinski definition) is 2. The maximum atomic E-state index is 12.9. The van der Waals surface area contributed by atoms with Gasteiger partial charge < -0.3 is 5.32 Å². The van der Waals surface area contributed by atoms with E-state index in [2.05, 4.69) is 25.6 Å². The summed E-state index contributed by atoms with van der Waals surface area (Å²) in [5.74, 6) is 0.112. The van der Waals surface area contributed by atoms with Gasteiger partial charge in [-0.1, -0.05) is 0 Å². The van der Waals surface area contributed by atoms with Gasteiger partial charge in [-0.05, 0) is 12.1 Å². The van der Waals surface area contributed by atoms with E-state index in [1.165, 1.54) is 16.8 Å². The fourth-order valence-electron chi connectivity index (χ4n) is 1.49. The average molecular weight is 232 g/mol. The van der Waals surface area contributed by atoms with Crippen LogP contribution < -0.4 is 5.32 Å². The number of pyridine rings is 1. The lowest BCUT2D eigenvalue weighted by Gasteiger charge is -1.96. The molecule has 0 atom stereocenters. The predicted octanol–water partition coefficient (Wildman–Crippen LogP) is 1.20. The van der Waals surface area contributed by atoms with Crippen molar-refractivity contribution in [2.75, 3.05) is 5.32 Å². The number of aromatic amines is 1. The second kappa shape index (κ2) is 3.85. The van der Waals surface area contributed by atoms with Gasteiger partial charge in [0.05, 0.1) is 12.4 Å². The van der Waals surface area contributed by atoms with Gasteiger partial charge in [0.1, 0.15) is 5.82 Å². The molecule has 0 saturated heterocycles. The van der Waals surface area contributed by atoms with Gasteiger partial charge in [-0.15, -0.1) is 5.10 Å². The molecule has 0 aliphatic heterocycles. The molecule has 0 fully saturated rings. The first-order chi connectivity index (χ1) is 8.31. The highest BCUT2D eigenvalue weighted by Gasteiger charge is 2.03. The van der Waals surface area contributed by atoms with Crippen LogP contribution in [0.1, 0.15) is 5.56 Å². The molecule has 0 unspecified atom stereocenters. The molecule has 0 amide bonds. The van der Waals surface area contributed by atoms with Crippen molar-refractivity contribution in [2.24, 2.45) is 0 Å². The summed E-state index contributed by atoms with van der Waals surface area (Å²) in [6.45, 7) is 0.565. The fraction of sp³-hybridized carbons (Fsp3) is 0.100. The Morgan fingerprint density at radius 2 is 2.35 bits per heavy atom. The molecule has 0 aliphatic rings. The summed E-state index contributed by atoms with van der Waals surface area (Å²) in [5, 5.41) is 13.7. The van der Waals surface area contributed by atoms with E-state index in [-0.39, 0.29) is 5.82 Å². The highest BCUT2D eigenvalue weighted by molar-refractivity contribution is 5.43. The summed E-state index contributed by atoms with van der Waals surface area (Å²) in [4.78, 5) is 4.20. The molecule has 3 rings (SSSR count). The number of aromatic nitrogens is 5. The van der Waals surface area contributed by atoms with E-state index in [0.717, 1.165) is 5.56 Å². The van der Waals surface area contributed by atoms with Crippen LogP contribution in [0.4, 0.5) is 10.3 Å². The van der Waals surface area contributed by atoms with Crippen molar-refractivity contribution in [3.8, 4) is 0 Å². The predicted molar refractivity (Wildman–Crippen MR) is 58.9 cm³/mol. The number of anilines is 1. The molecule has 0 aliphatic carbocycles. The summed E-state index contributed by atoms with van der Waals surface area (Å²) in [5.41, 5.74) is 1.59. The molecule has 0 spiro atoms. The standard InChI is InChI=1S/C10H9FN6/c11-8-1-2-9-15-10(16-17(9)6-8)12-3-7-4-13-14-5-7/h1-2,4-6H,3H2,(H,12,16)(H,13,14). The van der Waals surface area contributed by atoms with Crippen molar-refractivity contribution in [3.05, 3.63) is 42.1 Å². The fourth-order valence-corrected chi connectivity index (χ4v) is 1.49. The van der Waals surface area contributed by atoms with Crippen LogP contribution in [-0.2, 0) is 6.54 Å². The van der Waals surface area contributed by atoms with Gasteiger partial charge in [0.15, 0.2) is 5.65 Å². The van der Waals surface area contributed by atoms with Gasteiger partial charge in [-0.25, -0.2) is 8.91 Å². The second-order valence-electron chi connectivity index (χ2n) is 3.55. The van der Waals surface area contributed by atoms with E-state index in [4.69, 9.17) is 0 Å². The Morgan fingerprint density at radius 1 is 1.41 bits per heavy atom. The van der Waals surface area contributed by atoms with Crippen molar-refractivity contribution in [1.29, 1.82) is 0 Å². The summed E-state index contributed by atoms with van der Waals surface area (Å²) < 4.78 is 14.3. The number of hydrogen-bond acceptors (Lipinski definition) is 4. The zero-order valence-electron chi connectivity index (χ0n) is 8.76. The number of rotatable bonds is 3. The Balaban J connectivity index is 1.81. The highest BCUT2D eigenvalue weighted by Crippen LogP contribution is 2.07. The number of nitrogens with one attached hydrogen (secondary N) is 2. The first-order valence-corrected chi connectivity index (χ1v) is 5.05. The van der Waals surface area contributed by atoms with Gasteiger partial charge in [0.25, 0.3) is 0 Å². The second-order valence-corrected chi connectivity index (χ2v) is 3.55. The average Bonchev–Trinajstić information content (AvgIpc) is 2.94. The minimum atomic E-state index is -0.344. The molecule has 6 nitrogen and oxygen atoms in total. The van der Waals surface area contributed by atoms with Crippen LogP contribution in [0.15, 0.2) is 30.7 Å². The zero-order chi connectivity index (χ0) is 11.7. The maximum Gasteiger partial charge on any atom is 0.243 e. The third-order valence-electron chi connectivity index (χ3n) is 2.30. The van der Waals surface area contributed by atoms with E-state index < -0.39 is 0 Å². The SMILES string of the molecule is Fc1ccc2nc(NCc3cn[nH]c3)nn2c1. The molecule has 86 valence electrons. The van der Waals surface area contributed by atoms with Crippen LogP contribution in [0.2, 0.25) is 0 Å². The first kappa shape index (κ1) is 9.76. The van der Waals surface area contributed by atoms with Crippen LogP contribution in [0.3, 0.4) is 0 Å². The minimum Gasteiger partial charge on any atom is -0.349 e. The van der Waals surface area contributed by atoms with Crippen molar-refractivity contribution in [1.82, 2.24) is 24.8 Å². The molecule has 3 aromatic rings. The largest absolute Gasteiger partial charge is 0.349 e. The third-order valence-corrected chi connectivity index (χ3v) is 2.30. The van der Waals surface area contributed by atoms with E-state index in [9.17, 15) is 4.39 Å². The van der Waals surface area contributed by atoms with Crippen LogP contribution >= 0.6 is 0 Å². The molecule has 0 bridgehead atoms. The van der Waals surface area contributed by atoms with Gasteiger partial charge >= 0.3 is 0 Å². The van der Waals surface area contributed by atoms with Crippen molar-refractivity contribution in [2.45, 2.75) is 6.54 Å². The number of fused-ring (bicyclic) bond motifs is 1. The molecular weight excluding hydrogens is 223 g/mol. The Labute approximate surface area is 95.5 Å². The smallest absolute Gasteiger partial charge is 0.243 e. The third kappa shape index (κ3) is 1.94. The monoisotopic (exact) mass is 232 g/mol. The molecule has 0 radical (unpaired) electrons. The Kier molecular flexibility index (Phi) is 2.21. The van der Waals surface area contributed by atoms with Gasteiger partial charge in [-0.3, -0.25) is 5.10 Å². The summed E-state index contributed by atoms with van der Waals surface area (Å²) in [6, 6.07) is 2.93. The highest BCUT2D eigenvalue weighted by atomic mass is 19.1. The Hall–Kier alpha value is -2.44. The van der Waals surface area contributed by atoms with Gasteiger partial charge in [-0.2, -0.15) is 10.1 Å². The Bertz CT molecular complexity index is 629. The maximum absolute atomic E-state index is 12.9. The van der Waals surface area contributed by atoms with Crippen LogP contribution in [0.5, 0.6) is 0 Å². The quantitative estimate of drug-likeness (QED) is 0.712. The summed E-state index contributed by atoms with van der Waals surface area (Å²) in [6.07, 6.45) is 4.77. The number of H-pyrrole nitrogens is 1. The minimum absolute atomic E-state index is 0.344. The van der Waals surface area contributed by atoms with Crippen LogP contribution in [-0.4, -0.2) is 24.8 Å². The zero-order valence-corrected chi connectivity index (χ0v) is 8.76. The van der Waals surface area contributed by atoms with Crippen molar-refractivity contribution >= 4 is 11.6 Å². The lowest BCUT2D eigenvalue weighted by atomic mass is 10.4. The molecule has 3 aromatic heterocycles. The summed E-state index contributed by atoms with van der Waals surface area (Å²) >= 11 is 0. The van der Waals surface area contributed by atoms with Crippen molar-refractivity contribution < 1.29 is 4.39 Å². The normalized spacial score (nSPS) is 10.9. The van der Waals surface area contributed by atoms with E-state index in [1.54, 1.807) is 18.5 Å². The van der Waals surface area contributed by atoms with E-state index >= 15 is 0 Å².